The molecule has 0 fully saturated rings. The normalized spacial score (nSPS) is 10.3. The number of aromatic nitrogens is 2. The van der Waals surface area contributed by atoms with Crippen LogP contribution < -0.4 is 16.2 Å². The van der Waals surface area contributed by atoms with E-state index >= 15 is 0 Å². The maximum Gasteiger partial charge on any atom is 0.277 e. The lowest BCUT2D eigenvalue weighted by atomic mass is 10.2. The molecule has 28 heavy (non-hydrogen) atoms. The number of nitrogens with one attached hydrogen (secondary N) is 3. The van der Waals surface area contributed by atoms with Crippen molar-refractivity contribution in [2.45, 2.75) is 11.8 Å². The molecule has 3 rings (SSSR count). The van der Waals surface area contributed by atoms with Crippen LogP contribution in [0, 0.1) is 5.82 Å². The number of thioether (sulfide) groups is 1. The molecule has 2 aromatic carbocycles. The summed E-state index contributed by atoms with van der Waals surface area (Å²) < 4.78 is 18.4. The molecule has 0 bridgehead atoms. The van der Waals surface area contributed by atoms with Gasteiger partial charge < -0.3 is 9.73 Å². The maximum atomic E-state index is 12.9. The van der Waals surface area contributed by atoms with E-state index in [4.69, 9.17) is 16.6 Å². The highest BCUT2D eigenvalue weighted by molar-refractivity contribution is 7.99. The second-order valence-electron chi connectivity index (χ2n) is 5.51. The zero-order chi connectivity index (χ0) is 19.8. The first-order chi connectivity index (χ1) is 13.6. The van der Waals surface area contributed by atoms with Crippen LogP contribution in [0.25, 0.3) is 11.5 Å². The Hall–Kier alpha value is -2.98. The number of thiocarbonyl (C=S) groups is 1. The molecule has 0 aliphatic carbocycles. The number of carbonyl (C=O) groups excluding carboxylic acids is 1. The summed E-state index contributed by atoms with van der Waals surface area (Å²) in [5.74, 6) is -0.347. The summed E-state index contributed by atoms with van der Waals surface area (Å²) in [6.07, 6.45) is 0. The molecule has 10 heteroatoms. The van der Waals surface area contributed by atoms with E-state index in [1.54, 1.807) is 0 Å². The fourth-order valence-electron chi connectivity index (χ4n) is 2.09. The average Bonchev–Trinajstić information content (AvgIpc) is 3.19. The highest BCUT2D eigenvalue weighted by Crippen LogP contribution is 2.23. The molecule has 0 unspecified atom stereocenters. The zero-order valence-electron chi connectivity index (χ0n) is 14.5. The summed E-state index contributed by atoms with van der Waals surface area (Å²) >= 11 is 6.18. The van der Waals surface area contributed by atoms with E-state index in [0.717, 1.165) is 17.3 Å². The third-order valence-corrected chi connectivity index (χ3v) is 4.50. The van der Waals surface area contributed by atoms with Crippen LogP contribution in [-0.4, -0.2) is 27.0 Å². The van der Waals surface area contributed by atoms with Crippen molar-refractivity contribution in [3.8, 4) is 11.5 Å². The van der Waals surface area contributed by atoms with Crippen LogP contribution in [0.2, 0.25) is 0 Å². The summed E-state index contributed by atoms with van der Waals surface area (Å²) in [7, 11) is 0. The molecule has 7 nitrogen and oxygen atoms in total. The van der Waals surface area contributed by atoms with Gasteiger partial charge in [0.05, 0.1) is 5.75 Å². The first kappa shape index (κ1) is 19.8. The highest BCUT2D eigenvalue weighted by Gasteiger charge is 2.11. The van der Waals surface area contributed by atoms with Gasteiger partial charge in [0.25, 0.3) is 5.22 Å². The standard InChI is InChI=1S/C18H16FN5O2S2/c19-14-8-6-13(7-9-14)16-22-24-18(26-16)28-11-15(25)21-23-17(27)20-10-12-4-2-1-3-5-12/h1-9H,10-11H2,(H,21,25)(H2,20,23,27). The maximum absolute atomic E-state index is 12.9. The number of benzene rings is 2. The van der Waals surface area contributed by atoms with Gasteiger partial charge in [-0.1, -0.05) is 42.1 Å². The van der Waals surface area contributed by atoms with Gasteiger partial charge in [0.2, 0.25) is 11.8 Å². The summed E-state index contributed by atoms with van der Waals surface area (Å²) in [6, 6.07) is 15.4. The summed E-state index contributed by atoms with van der Waals surface area (Å²) in [4.78, 5) is 11.9. The zero-order valence-corrected chi connectivity index (χ0v) is 16.1. The predicted octanol–water partition coefficient (Wildman–Crippen LogP) is 2.66. The van der Waals surface area contributed by atoms with Gasteiger partial charge in [0, 0.05) is 12.1 Å². The number of hydrazine groups is 1. The first-order valence-corrected chi connectivity index (χ1v) is 9.58. The van der Waals surface area contributed by atoms with Crippen LogP contribution in [0.4, 0.5) is 4.39 Å². The van der Waals surface area contributed by atoms with Crippen LogP contribution in [0.5, 0.6) is 0 Å². The highest BCUT2D eigenvalue weighted by atomic mass is 32.2. The molecule has 1 aromatic heterocycles. The third-order valence-electron chi connectivity index (χ3n) is 3.44. The van der Waals surface area contributed by atoms with Crippen LogP contribution in [0.15, 0.2) is 64.2 Å². The molecule has 0 atom stereocenters. The van der Waals surface area contributed by atoms with Gasteiger partial charge in [-0.15, -0.1) is 10.2 Å². The molecule has 3 aromatic rings. The summed E-state index contributed by atoms with van der Waals surface area (Å²) in [5.41, 5.74) is 6.79. The fourth-order valence-corrected chi connectivity index (χ4v) is 2.78. The second kappa shape index (κ2) is 9.81. The van der Waals surface area contributed by atoms with Gasteiger partial charge in [0.1, 0.15) is 5.82 Å². The molecule has 0 saturated heterocycles. The number of carbonyl (C=O) groups is 1. The Morgan fingerprint density at radius 1 is 1.07 bits per heavy atom. The number of hydrogen-bond donors (Lipinski definition) is 3. The molecule has 0 aliphatic heterocycles. The van der Waals surface area contributed by atoms with Crippen molar-refractivity contribution in [3.63, 3.8) is 0 Å². The Morgan fingerprint density at radius 3 is 2.57 bits per heavy atom. The number of hydrogen-bond acceptors (Lipinski definition) is 6. The average molecular weight is 417 g/mol. The van der Waals surface area contributed by atoms with Gasteiger partial charge >= 0.3 is 0 Å². The van der Waals surface area contributed by atoms with Crippen molar-refractivity contribution in [3.05, 3.63) is 66.0 Å². The van der Waals surface area contributed by atoms with Crippen molar-refractivity contribution in [1.29, 1.82) is 0 Å². The Morgan fingerprint density at radius 2 is 1.82 bits per heavy atom. The molecule has 0 saturated carbocycles. The Kier molecular flexibility index (Phi) is 6.93. The van der Waals surface area contributed by atoms with Crippen molar-refractivity contribution in [2.24, 2.45) is 0 Å². The minimum Gasteiger partial charge on any atom is -0.411 e. The SMILES string of the molecule is O=C(CSc1nnc(-c2ccc(F)cc2)o1)NNC(=S)NCc1ccccc1. The third kappa shape index (κ3) is 6.03. The molecule has 0 spiro atoms. The fraction of sp³-hybridized carbons (Fsp3) is 0.111. The van der Waals surface area contributed by atoms with Crippen LogP contribution in [0.1, 0.15) is 5.56 Å². The number of amides is 1. The van der Waals surface area contributed by atoms with E-state index in [0.29, 0.717) is 17.2 Å². The monoisotopic (exact) mass is 417 g/mol. The molecular formula is C18H16FN5O2S2. The van der Waals surface area contributed by atoms with E-state index < -0.39 is 0 Å². The predicted molar refractivity (Wildman–Crippen MR) is 108 cm³/mol. The summed E-state index contributed by atoms with van der Waals surface area (Å²) in [5, 5.41) is 11.3. The molecule has 1 amide bonds. The molecule has 144 valence electrons. The molecule has 3 N–H and O–H groups in total. The van der Waals surface area contributed by atoms with E-state index in [1.165, 1.54) is 24.3 Å². The lowest BCUT2D eigenvalue weighted by molar-refractivity contribution is -0.119. The van der Waals surface area contributed by atoms with Crippen LogP contribution in [0.3, 0.4) is 0 Å². The molecular weight excluding hydrogens is 401 g/mol. The smallest absolute Gasteiger partial charge is 0.277 e. The quantitative estimate of drug-likeness (QED) is 0.320. The van der Waals surface area contributed by atoms with Crippen molar-refractivity contribution < 1.29 is 13.6 Å². The van der Waals surface area contributed by atoms with Gasteiger partial charge in [-0.2, -0.15) is 0 Å². The topological polar surface area (TPSA) is 92.1 Å². The molecule has 1 heterocycles. The largest absolute Gasteiger partial charge is 0.411 e. The van der Waals surface area contributed by atoms with Crippen molar-refractivity contribution >= 4 is 35.0 Å². The lowest BCUT2D eigenvalue weighted by Crippen LogP contribution is -2.47. The number of halogens is 1. The van der Waals surface area contributed by atoms with E-state index in [-0.39, 0.29) is 28.6 Å². The van der Waals surface area contributed by atoms with Crippen LogP contribution >= 0.6 is 24.0 Å². The van der Waals surface area contributed by atoms with Gasteiger partial charge in [-0.05, 0) is 42.0 Å². The van der Waals surface area contributed by atoms with Gasteiger partial charge in [-0.3, -0.25) is 15.6 Å². The minimum absolute atomic E-state index is 0.0549. The molecule has 0 aliphatic rings. The molecule has 0 radical (unpaired) electrons. The Balaban J connectivity index is 1.38. The van der Waals surface area contributed by atoms with E-state index in [2.05, 4.69) is 26.4 Å². The van der Waals surface area contributed by atoms with E-state index in [9.17, 15) is 9.18 Å². The van der Waals surface area contributed by atoms with Gasteiger partial charge in [0.15, 0.2) is 5.11 Å². The van der Waals surface area contributed by atoms with Crippen LogP contribution in [-0.2, 0) is 11.3 Å². The van der Waals surface area contributed by atoms with E-state index in [1.807, 2.05) is 30.3 Å². The first-order valence-electron chi connectivity index (χ1n) is 8.19. The van der Waals surface area contributed by atoms with Gasteiger partial charge in [-0.25, -0.2) is 4.39 Å². The minimum atomic E-state index is -0.349. The van der Waals surface area contributed by atoms with Crippen molar-refractivity contribution in [1.82, 2.24) is 26.4 Å². The Labute approximate surface area is 170 Å². The lowest BCUT2D eigenvalue weighted by Gasteiger charge is -2.11. The Bertz CT molecular complexity index is 935. The van der Waals surface area contributed by atoms with Crippen molar-refractivity contribution in [2.75, 3.05) is 5.75 Å². The second-order valence-corrected chi connectivity index (χ2v) is 6.84. The summed E-state index contributed by atoms with van der Waals surface area (Å²) in [6.45, 7) is 0.547. The number of nitrogens with zero attached hydrogens (tertiary/aromatic N) is 2. The number of rotatable bonds is 6.